The van der Waals surface area contributed by atoms with Gasteiger partial charge in [0.05, 0.1) is 11.1 Å². The molecule has 3 aromatic carbocycles. The van der Waals surface area contributed by atoms with E-state index < -0.39 is 5.54 Å². The molecule has 1 aromatic heterocycles. The summed E-state index contributed by atoms with van der Waals surface area (Å²) in [6.07, 6.45) is 2.16. The molecule has 29 heavy (non-hydrogen) atoms. The van der Waals surface area contributed by atoms with E-state index >= 15 is 0 Å². The molecule has 0 spiro atoms. The highest BCUT2D eigenvalue weighted by Crippen LogP contribution is 2.44. The van der Waals surface area contributed by atoms with Gasteiger partial charge in [0, 0.05) is 11.1 Å². The van der Waals surface area contributed by atoms with Gasteiger partial charge in [-0.05, 0) is 45.9 Å². The lowest BCUT2D eigenvalue weighted by Gasteiger charge is -2.29. The molecule has 2 N–H and O–H groups in total. The van der Waals surface area contributed by atoms with E-state index in [4.69, 9.17) is 4.99 Å². The molecule has 144 valence electrons. The van der Waals surface area contributed by atoms with Crippen molar-refractivity contribution in [2.75, 3.05) is 0 Å². The number of phenolic OH excluding ortho intramolecular Hbond substituents is 1. The molecule has 0 bridgehead atoms. The number of hydrogen-bond donors (Lipinski definition) is 2. The average Bonchev–Trinajstić information content (AvgIpc) is 3.29. The summed E-state index contributed by atoms with van der Waals surface area (Å²) >= 11 is 0. The van der Waals surface area contributed by atoms with Crippen molar-refractivity contribution in [1.29, 1.82) is 0 Å². The Morgan fingerprint density at radius 3 is 2.41 bits per heavy atom. The zero-order valence-electron chi connectivity index (χ0n) is 16.9. The van der Waals surface area contributed by atoms with Crippen molar-refractivity contribution >= 4 is 17.0 Å². The number of aromatic amines is 1. The number of rotatable bonds is 2. The summed E-state index contributed by atoms with van der Waals surface area (Å²) in [4.78, 5) is 8.72. The van der Waals surface area contributed by atoms with E-state index in [-0.39, 0.29) is 5.41 Å². The molecule has 0 radical (unpaired) electrons. The summed E-state index contributed by atoms with van der Waals surface area (Å²) in [5.41, 5.74) is 2.77. The van der Waals surface area contributed by atoms with Crippen molar-refractivity contribution in [2.24, 2.45) is 4.99 Å². The van der Waals surface area contributed by atoms with Crippen LogP contribution in [0.15, 0.2) is 77.8 Å². The minimum Gasteiger partial charge on any atom is -0.507 e. The molecule has 1 unspecified atom stereocenters. The van der Waals surface area contributed by atoms with E-state index in [1.54, 1.807) is 0 Å². The summed E-state index contributed by atoms with van der Waals surface area (Å²) in [5, 5.41) is 14.5. The van der Waals surface area contributed by atoms with E-state index in [1.807, 2.05) is 48.5 Å². The van der Waals surface area contributed by atoms with Crippen LogP contribution >= 0.6 is 0 Å². The summed E-state index contributed by atoms with van der Waals surface area (Å²) in [6.45, 7) is 6.35. The molecular formula is C26H24N2O. The topological polar surface area (TPSA) is 48.4 Å². The smallest absolute Gasteiger partial charge is 0.149 e. The second-order valence-corrected chi connectivity index (χ2v) is 8.80. The summed E-state index contributed by atoms with van der Waals surface area (Å²) in [5.74, 6) is 0.312. The molecule has 0 fully saturated rings. The number of fused-ring (bicyclic) bond motifs is 2. The highest BCUT2D eigenvalue weighted by atomic mass is 16.3. The Morgan fingerprint density at radius 1 is 0.897 bits per heavy atom. The van der Waals surface area contributed by atoms with E-state index in [9.17, 15) is 5.11 Å². The molecule has 0 saturated carbocycles. The predicted octanol–water partition coefficient (Wildman–Crippen LogP) is 4.53. The lowest BCUT2D eigenvalue weighted by molar-refractivity contribution is 0.432. The molecule has 3 nitrogen and oxygen atoms in total. The zero-order valence-corrected chi connectivity index (χ0v) is 16.9. The predicted molar refractivity (Wildman–Crippen MR) is 118 cm³/mol. The summed E-state index contributed by atoms with van der Waals surface area (Å²) < 4.78 is 0. The molecule has 3 heteroatoms. The molecule has 5 rings (SSSR count). The van der Waals surface area contributed by atoms with Crippen molar-refractivity contribution in [1.82, 2.24) is 4.98 Å². The van der Waals surface area contributed by atoms with Crippen LogP contribution in [-0.4, -0.2) is 10.1 Å². The van der Waals surface area contributed by atoms with Crippen molar-refractivity contribution in [3.8, 4) is 5.75 Å². The Labute approximate surface area is 170 Å². The number of aromatic nitrogens is 1. The van der Waals surface area contributed by atoms with Gasteiger partial charge in [0.25, 0.3) is 0 Å². The number of nitrogens with one attached hydrogen (secondary N) is 1. The molecule has 0 amide bonds. The highest BCUT2D eigenvalue weighted by Gasteiger charge is 2.39. The van der Waals surface area contributed by atoms with E-state index in [0.29, 0.717) is 5.75 Å². The minimum atomic E-state index is -0.798. The standard InChI is InChI=1S/C26H24N2O/c1-25(2,3)19-11-8-12-20(24(19)29)26(16-18-10-5-7-14-22(18)28-26)23-15-17-9-4-6-13-21(17)27-23/h4-16,27,29H,1-3H3. The minimum absolute atomic E-state index is 0.173. The Balaban J connectivity index is 1.86. The van der Waals surface area contributed by atoms with Crippen LogP contribution in [-0.2, 0) is 11.0 Å². The molecule has 2 heterocycles. The first-order chi connectivity index (χ1) is 13.9. The molecule has 1 atom stereocenters. The van der Waals surface area contributed by atoms with Crippen LogP contribution in [0, 0.1) is 0 Å². The Morgan fingerprint density at radius 2 is 1.66 bits per heavy atom. The van der Waals surface area contributed by atoms with Gasteiger partial charge in [-0.25, -0.2) is 0 Å². The van der Waals surface area contributed by atoms with E-state index in [2.05, 4.69) is 56.1 Å². The molecule has 4 aromatic rings. The van der Waals surface area contributed by atoms with Gasteiger partial charge >= 0.3 is 0 Å². The normalized spacial score (nSPS) is 18.3. The number of phenols is 1. The van der Waals surface area contributed by atoms with Gasteiger partial charge < -0.3 is 10.1 Å². The maximum absolute atomic E-state index is 11.4. The van der Waals surface area contributed by atoms with E-state index in [0.717, 1.165) is 38.3 Å². The van der Waals surface area contributed by atoms with Crippen LogP contribution in [0.25, 0.3) is 17.0 Å². The Hall–Kier alpha value is -3.33. The second kappa shape index (κ2) is 6.08. The fraction of sp³-hybridized carbons (Fsp3) is 0.192. The first-order valence-electron chi connectivity index (χ1n) is 9.97. The van der Waals surface area contributed by atoms with Crippen LogP contribution < -0.4 is 10.6 Å². The molecule has 0 saturated heterocycles. The fourth-order valence-electron chi connectivity index (χ4n) is 4.31. The van der Waals surface area contributed by atoms with Crippen molar-refractivity contribution in [2.45, 2.75) is 31.7 Å². The number of benzene rings is 3. The lowest BCUT2D eigenvalue weighted by atomic mass is 9.80. The molecule has 0 aliphatic carbocycles. The third-order valence-corrected chi connectivity index (χ3v) is 5.79. The zero-order chi connectivity index (χ0) is 20.2. The van der Waals surface area contributed by atoms with Crippen LogP contribution in [0.4, 0.5) is 0 Å². The van der Waals surface area contributed by atoms with Crippen LogP contribution in [0.2, 0.25) is 0 Å². The quantitative estimate of drug-likeness (QED) is 0.527. The van der Waals surface area contributed by atoms with Gasteiger partial charge in [-0.1, -0.05) is 75.4 Å². The number of H-pyrrole nitrogens is 1. The van der Waals surface area contributed by atoms with Gasteiger partial charge in [-0.3, -0.25) is 4.99 Å². The van der Waals surface area contributed by atoms with Gasteiger partial charge in [0.2, 0.25) is 0 Å². The Bertz CT molecular complexity index is 1290. The van der Waals surface area contributed by atoms with Gasteiger partial charge in [-0.15, -0.1) is 0 Å². The van der Waals surface area contributed by atoms with Crippen molar-refractivity contribution in [3.05, 3.63) is 100 Å². The number of hydrogen-bond acceptors (Lipinski definition) is 2. The maximum Gasteiger partial charge on any atom is 0.149 e. The summed E-state index contributed by atoms with van der Waals surface area (Å²) in [7, 11) is 0. The van der Waals surface area contributed by atoms with Crippen molar-refractivity contribution in [3.63, 3.8) is 0 Å². The largest absolute Gasteiger partial charge is 0.507 e. The SMILES string of the molecule is CC(C)(C)c1cccc(C2(c3cc4ccccc4[nH]3)C=c3ccccc3=N2)c1O. The molecular weight excluding hydrogens is 356 g/mol. The fourth-order valence-corrected chi connectivity index (χ4v) is 4.31. The Kier molecular flexibility index (Phi) is 3.72. The van der Waals surface area contributed by atoms with Gasteiger partial charge in [0.1, 0.15) is 11.3 Å². The molecule has 1 aliphatic rings. The van der Waals surface area contributed by atoms with Crippen LogP contribution in [0.1, 0.15) is 37.6 Å². The van der Waals surface area contributed by atoms with Gasteiger partial charge in [0.15, 0.2) is 0 Å². The van der Waals surface area contributed by atoms with Crippen LogP contribution in [0.5, 0.6) is 5.75 Å². The van der Waals surface area contributed by atoms with Crippen molar-refractivity contribution < 1.29 is 5.11 Å². The number of para-hydroxylation sites is 3. The average molecular weight is 380 g/mol. The van der Waals surface area contributed by atoms with E-state index in [1.165, 1.54) is 0 Å². The number of aromatic hydroxyl groups is 1. The number of nitrogens with zero attached hydrogens (tertiary/aromatic N) is 1. The maximum atomic E-state index is 11.4. The second-order valence-electron chi connectivity index (χ2n) is 8.80. The third kappa shape index (κ3) is 2.69. The third-order valence-electron chi connectivity index (χ3n) is 5.79. The first-order valence-corrected chi connectivity index (χ1v) is 9.97. The molecule has 1 aliphatic heterocycles. The monoisotopic (exact) mass is 380 g/mol. The van der Waals surface area contributed by atoms with Crippen LogP contribution in [0.3, 0.4) is 0 Å². The first kappa shape index (κ1) is 17.7. The summed E-state index contributed by atoms with van der Waals surface area (Å²) in [6, 6.07) is 24.5. The highest BCUT2D eigenvalue weighted by molar-refractivity contribution is 5.82. The van der Waals surface area contributed by atoms with Gasteiger partial charge in [-0.2, -0.15) is 0 Å². The lowest BCUT2D eigenvalue weighted by Crippen LogP contribution is -2.24.